The summed E-state index contributed by atoms with van der Waals surface area (Å²) >= 11 is 6.08. The molecule has 118 valence electrons. The molecule has 22 heavy (non-hydrogen) atoms. The lowest BCUT2D eigenvalue weighted by Crippen LogP contribution is -2.18. The molecule has 1 N–H and O–H groups in total. The maximum absolute atomic E-state index is 10.7. The van der Waals surface area contributed by atoms with Crippen molar-refractivity contribution >= 4 is 18.1 Å². The second-order valence-electron chi connectivity index (χ2n) is 5.06. The van der Waals surface area contributed by atoms with Crippen LogP contribution in [0.1, 0.15) is 17.5 Å². The van der Waals surface area contributed by atoms with Crippen molar-refractivity contribution in [1.29, 1.82) is 0 Å². The van der Waals surface area contributed by atoms with Gasteiger partial charge in [-0.1, -0.05) is 17.7 Å². The molecule has 1 unspecified atom stereocenters. The molecule has 2 rings (SSSR count). The van der Waals surface area contributed by atoms with Crippen LogP contribution in [0.5, 0.6) is 0 Å². The molecule has 0 bridgehead atoms. The van der Waals surface area contributed by atoms with Crippen molar-refractivity contribution in [2.45, 2.75) is 25.9 Å². The lowest BCUT2D eigenvalue weighted by Gasteiger charge is -2.15. The third-order valence-electron chi connectivity index (χ3n) is 3.51. The molecule has 0 amide bonds. The number of H-pyrrole nitrogens is 1. The fourth-order valence-corrected chi connectivity index (χ4v) is 2.52. The fraction of sp³-hybridized carbons (Fsp3) is 0.375. The Morgan fingerprint density at radius 2 is 2.27 bits per heavy atom. The number of rotatable bonds is 8. The van der Waals surface area contributed by atoms with Crippen LogP contribution in [0.25, 0.3) is 11.3 Å². The average Bonchev–Trinajstić information content (AvgIpc) is 2.95. The number of ether oxygens (including phenoxy) is 2. The summed E-state index contributed by atoms with van der Waals surface area (Å²) in [5.41, 5.74) is 3.87. The maximum Gasteiger partial charge on any atom is 0.293 e. The van der Waals surface area contributed by atoms with Crippen molar-refractivity contribution in [3.63, 3.8) is 0 Å². The molecule has 1 aromatic heterocycles. The molecular formula is C16H19ClN2O3. The molecule has 0 aliphatic heterocycles. The molecule has 1 aromatic carbocycles. The molecule has 0 fully saturated rings. The van der Waals surface area contributed by atoms with Crippen molar-refractivity contribution in [2.75, 3.05) is 13.7 Å². The quantitative estimate of drug-likeness (QED) is 0.758. The van der Waals surface area contributed by atoms with Gasteiger partial charge in [0.25, 0.3) is 6.47 Å². The zero-order valence-corrected chi connectivity index (χ0v) is 13.4. The van der Waals surface area contributed by atoms with Gasteiger partial charge in [0, 0.05) is 48.9 Å². The molecule has 0 aliphatic rings. The molecule has 0 radical (unpaired) electrons. The summed E-state index contributed by atoms with van der Waals surface area (Å²) in [7, 11) is 1.62. The van der Waals surface area contributed by atoms with Gasteiger partial charge in [-0.25, -0.2) is 0 Å². The van der Waals surface area contributed by atoms with Crippen LogP contribution in [-0.4, -0.2) is 36.5 Å². The second-order valence-corrected chi connectivity index (χ2v) is 5.49. The third kappa shape index (κ3) is 4.08. The fourth-order valence-electron chi connectivity index (χ4n) is 2.34. The number of nitrogens with one attached hydrogen (secondary N) is 1. The predicted molar refractivity (Wildman–Crippen MR) is 84.9 cm³/mol. The van der Waals surface area contributed by atoms with E-state index in [0.29, 0.717) is 30.9 Å². The highest BCUT2D eigenvalue weighted by atomic mass is 35.5. The van der Waals surface area contributed by atoms with Gasteiger partial charge in [0.2, 0.25) is 0 Å². The smallest absolute Gasteiger partial charge is 0.293 e. The van der Waals surface area contributed by atoms with Crippen LogP contribution in [0, 0.1) is 6.92 Å². The summed E-state index contributed by atoms with van der Waals surface area (Å²) in [5, 5.41) is 7.86. The normalized spacial score (nSPS) is 12.1. The number of hydrogen-bond acceptors (Lipinski definition) is 4. The molecular weight excluding hydrogens is 304 g/mol. The summed E-state index contributed by atoms with van der Waals surface area (Å²) in [6, 6.07) is 5.70. The number of aromatic amines is 1. The molecule has 1 heterocycles. The summed E-state index contributed by atoms with van der Waals surface area (Å²) in [6.07, 6.45) is 2.78. The van der Waals surface area contributed by atoms with E-state index in [1.165, 1.54) is 0 Å². The van der Waals surface area contributed by atoms with Crippen molar-refractivity contribution < 1.29 is 14.3 Å². The average molecular weight is 323 g/mol. The minimum absolute atomic E-state index is 0.242. The number of aromatic nitrogens is 2. The summed E-state index contributed by atoms with van der Waals surface area (Å²) in [4.78, 5) is 10.7. The highest BCUT2D eigenvalue weighted by molar-refractivity contribution is 6.30. The van der Waals surface area contributed by atoms with E-state index in [9.17, 15) is 4.79 Å². The van der Waals surface area contributed by atoms with Crippen molar-refractivity contribution in [3.05, 3.63) is 40.5 Å². The van der Waals surface area contributed by atoms with Gasteiger partial charge in [0.1, 0.15) is 6.10 Å². The molecule has 0 spiro atoms. The standard InChI is InChI=1S/C16H19ClN2O3/c1-11-3-4-13(17)8-15(11)16-12(9-18-19-16)7-14(22-10-20)5-6-21-2/h3-4,8-10,14H,5-7H2,1-2H3,(H,18,19). The van der Waals surface area contributed by atoms with E-state index < -0.39 is 0 Å². The number of halogens is 1. The minimum atomic E-state index is -0.242. The number of carbonyl (C=O) groups is 1. The van der Waals surface area contributed by atoms with Crippen LogP contribution in [0.4, 0.5) is 0 Å². The first-order valence-electron chi connectivity index (χ1n) is 7.03. The van der Waals surface area contributed by atoms with E-state index in [-0.39, 0.29) is 6.10 Å². The van der Waals surface area contributed by atoms with Gasteiger partial charge in [0.15, 0.2) is 0 Å². The zero-order valence-electron chi connectivity index (χ0n) is 12.6. The third-order valence-corrected chi connectivity index (χ3v) is 3.75. The molecule has 5 nitrogen and oxygen atoms in total. The summed E-state index contributed by atoms with van der Waals surface area (Å²) < 4.78 is 10.2. The minimum Gasteiger partial charge on any atom is -0.464 e. The molecule has 0 saturated heterocycles. The molecule has 0 aliphatic carbocycles. The van der Waals surface area contributed by atoms with Gasteiger partial charge >= 0.3 is 0 Å². The Balaban J connectivity index is 2.24. The van der Waals surface area contributed by atoms with E-state index in [4.69, 9.17) is 21.1 Å². The van der Waals surface area contributed by atoms with Crippen LogP contribution in [-0.2, 0) is 20.7 Å². The Kier molecular flexibility index (Phi) is 5.98. The molecule has 6 heteroatoms. The Bertz CT molecular complexity index is 628. The van der Waals surface area contributed by atoms with Gasteiger partial charge < -0.3 is 9.47 Å². The van der Waals surface area contributed by atoms with Crippen LogP contribution in [0.2, 0.25) is 5.02 Å². The van der Waals surface area contributed by atoms with Crippen LogP contribution in [0.3, 0.4) is 0 Å². The van der Waals surface area contributed by atoms with Crippen molar-refractivity contribution in [3.8, 4) is 11.3 Å². The highest BCUT2D eigenvalue weighted by Gasteiger charge is 2.17. The monoisotopic (exact) mass is 322 g/mol. The van der Waals surface area contributed by atoms with Gasteiger partial charge in [-0.15, -0.1) is 0 Å². The van der Waals surface area contributed by atoms with Crippen LogP contribution < -0.4 is 0 Å². The topological polar surface area (TPSA) is 64.2 Å². The van der Waals surface area contributed by atoms with Gasteiger partial charge in [-0.05, 0) is 24.6 Å². The van der Waals surface area contributed by atoms with E-state index >= 15 is 0 Å². The maximum atomic E-state index is 10.7. The van der Waals surface area contributed by atoms with E-state index in [2.05, 4.69) is 10.2 Å². The Morgan fingerprint density at radius 3 is 3.00 bits per heavy atom. The highest BCUT2D eigenvalue weighted by Crippen LogP contribution is 2.28. The zero-order chi connectivity index (χ0) is 15.9. The Labute approximate surface area is 134 Å². The van der Waals surface area contributed by atoms with Gasteiger partial charge in [-0.2, -0.15) is 5.10 Å². The number of methoxy groups -OCH3 is 1. The lowest BCUT2D eigenvalue weighted by atomic mass is 9.99. The first-order chi connectivity index (χ1) is 10.7. The Hall–Kier alpha value is -1.85. The van der Waals surface area contributed by atoms with Crippen molar-refractivity contribution in [1.82, 2.24) is 10.2 Å². The predicted octanol–water partition coefficient (Wildman–Crippen LogP) is 3.16. The second kappa shape index (κ2) is 7.96. The molecule has 0 saturated carbocycles. The van der Waals surface area contributed by atoms with E-state index in [1.807, 2.05) is 31.3 Å². The SMILES string of the molecule is COCCC(Cc1c[nH]nc1-c1cc(Cl)ccc1C)OC=O. The number of hydrogen-bond donors (Lipinski definition) is 1. The largest absolute Gasteiger partial charge is 0.464 e. The summed E-state index contributed by atoms with van der Waals surface area (Å²) in [5.74, 6) is 0. The van der Waals surface area contributed by atoms with E-state index in [1.54, 1.807) is 7.11 Å². The van der Waals surface area contributed by atoms with E-state index in [0.717, 1.165) is 22.4 Å². The van der Waals surface area contributed by atoms with Gasteiger partial charge in [-0.3, -0.25) is 9.89 Å². The number of aryl methyl sites for hydroxylation is 1. The first-order valence-corrected chi connectivity index (χ1v) is 7.40. The number of benzene rings is 1. The molecule has 1 atom stereocenters. The van der Waals surface area contributed by atoms with Gasteiger partial charge in [0.05, 0.1) is 5.69 Å². The lowest BCUT2D eigenvalue weighted by molar-refractivity contribution is -0.134. The molecule has 2 aromatic rings. The first kappa shape index (κ1) is 16.5. The van der Waals surface area contributed by atoms with Crippen molar-refractivity contribution in [2.24, 2.45) is 0 Å². The number of nitrogens with zero attached hydrogens (tertiary/aromatic N) is 1. The number of carbonyl (C=O) groups excluding carboxylic acids is 1. The Morgan fingerprint density at radius 1 is 1.45 bits per heavy atom. The van der Waals surface area contributed by atoms with Crippen LogP contribution in [0.15, 0.2) is 24.4 Å². The summed E-state index contributed by atoms with van der Waals surface area (Å²) in [6.45, 7) is 3.01. The van der Waals surface area contributed by atoms with Crippen LogP contribution >= 0.6 is 11.6 Å².